The van der Waals surface area contributed by atoms with Gasteiger partial charge in [-0.15, -0.1) is 11.3 Å². The molecule has 0 atom stereocenters. The molecule has 4 aliphatic rings. The minimum absolute atomic E-state index is 0.0682. The van der Waals surface area contributed by atoms with Crippen LogP contribution in [0.25, 0.3) is 75.5 Å². The highest BCUT2D eigenvalue weighted by atomic mass is 32.1. The molecule has 72 heavy (non-hydrogen) atoms. The maximum absolute atomic E-state index is 2.69. The van der Waals surface area contributed by atoms with E-state index >= 15 is 0 Å². The fraction of sp³-hybridized carbons (Fsp3) is 0.0857. The predicted octanol–water partition coefficient (Wildman–Crippen LogP) is 18.7. The third kappa shape index (κ3) is 4.84. The predicted molar refractivity (Wildman–Crippen MR) is 303 cm³/mol. The third-order valence-electron chi connectivity index (χ3n) is 17.0. The maximum atomic E-state index is 2.69. The lowest BCUT2D eigenvalue weighted by molar-refractivity contribution is 0.597. The van der Waals surface area contributed by atoms with Crippen molar-refractivity contribution < 1.29 is 0 Å². The van der Waals surface area contributed by atoms with Crippen LogP contribution in [0.2, 0.25) is 0 Å². The standard InChI is InChI=1S/C70H47NS/c1-68(2,3)59-41-42-21-4-5-22-43(42)63-50-29-18-40-62(66(50)72-67(59)63)71(60-38-19-36-57-64(60)48-27-10-16-34-55(48)69(57)51-30-12-6-23-44(51)45-24-7-13-31-52(45)69)61-39-20-37-58-65(61)49-28-11-17-35-56(49)70(58)53-32-14-8-25-46(53)47-26-9-15-33-54(47)70/h4-41H,1-3H3. The second kappa shape index (κ2) is 14.2. The van der Waals surface area contributed by atoms with Crippen molar-refractivity contribution in [2.24, 2.45) is 0 Å². The zero-order valence-corrected chi connectivity index (χ0v) is 41.1. The fourth-order valence-electron chi connectivity index (χ4n) is 14.4. The van der Waals surface area contributed by atoms with Crippen LogP contribution in [0, 0.1) is 0 Å². The molecule has 0 N–H and O–H groups in total. The van der Waals surface area contributed by atoms with Crippen LogP contribution < -0.4 is 4.90 Å². The topological polar surface area (TPSA) is 3.24 Å². The van der Waals surface area contributed by atoms with Gasteiger partial charge in [0.25, 0.3) is 0 Å². The van der Waals surface area contributed by atoms with Crippen molar-refractivity contribution in [3.8, 4) is 44.5 Å². The van der Waals surface area contributed by atoms with Gasteiger partial charge < -0.3 is 4.90 Å². The average molecular weight is 934 g/mol. The summed E-state index contributed by atoms with van der Waals surface area (Å²) in [6.07, 6.45) is 0. The summed E-state index contributed by atoms with van der Waals surface area (Å²) >= 11 is 1.97. The summed E-state index contributed by atoms with van der Waals surface area (Å²) in [7, 11) is 0. The molecule has 12 aromatic rings. The number of hydrogen-bond acceptors (Lipinski definition) is 2. The van der Waals surface area contributed by atoms with Crippen molar-refractivity contribution in [1.29, 1.82) is 0 Å². The quantitative estimate of drug-likeness (QED) is 0.171. The molecule has 1 nitrogen and oxygen atoms in total. The second-order valence-corrected chi connectivity index (χ2v) is 22.4. The van der Waals surface area contributed by atoms with Crippen molar-refractivity contribution in [3.05, 3.63) is 281 Å². The molecule has 0 bridgehead atoms. The first kappa shape index (κ1) is 40.4. The first-order chi connectivity index (χ1) is 35.4. The van der Waals surface area contributed by atoms with Gasteiger partial charge in [-0.25, -0.2) is 0 Å². The minimum Gasteiger partial charge on any atom is -0.308 e. The lowest BCUT2D eigenvalue weighted by Crippen LogP contribution is -2.26. The van der Waals surface area contributed by atoms with E-state index in [0.29, 0.717) is 0 Å². The van der Waals surface area contributed by atoms with Gasteiger partial charge in [-0.1, -0.05) is 227 Å². The van der Waals surface area contributed by atoms with Gasteiger partial charge in [-0.3, -0.25) is 0 Å². The van der Waals surface area contributed by atoms with E-state index < -0.39 is 10.8 Å². The monoisotopic (exact) mass is 933 g/mol. The largest absolute Gasteiger partial charge is 0.308 e. The maximum Gasteiger partial charge on any atom is 0.0726 e. The summed E-state index contributed by atoms with van der Waals surface area (Å²) in [5, 5.41) is 5.24. The van der Waals surface area contributed by atoms with Crippen LogP contribution in [0.1, 0.15) is 70.8 Å². The number of hydrogen-bond donors (Lipinski definition) is 0. The molecular formula is C70H47NS. The van der Waals surface area contributed by atoms with Crippen molar-refractivity contribution in [1.82, 2.24) is 0 Å². The van der Waals surface area contributed by atoms with E-state index in [-0.39, 0.29) is 5.41 Å². The second-order valence-electron chi connectivity index (χ2n) is 21.4. The Labute approximate surface area is 423 Å². The van der Waals surface area contributed by atoms with Gasteiger partial charge in [-0.05, 0) is 124 Å². The molecule has 0 aliphatic heterocycles. The summed E-state index contributed by atoms with van der Waals surface area (Å²) in [4.78, 5) is 2.69. The molecule has 2 spiro atoms. The molecule has 0 saturated heterocycles. The van der Waals surface area contributed by atoms with Gasteiger partial charge in [0, 0.05) is 26.6 Å². The molecular weight excluding hydrogens is 887 g/mol. The molecule has 0 fully saturated rings. The Morgan fingerprint density at radius 1 is 0.333 bits per heavy atom. The number of fused-ring (bicyclic) bond motifs is 25. The van der Waals surface area contributed by atoms with Crippen LogP contribution in [0.5, 0.6) is 0 Å². The molecule has 0 radical (unpaired) electrons. The first-order valence-corrected chi connectivity index (χ1v) is 26.2. The Hall–Kier alpha value is -8.30. The average Bonchev–Trinajstić information content (AvgIpc) is 4.20. The van der Waals surface area contributed by atoms with Crippen LogP contribution in [0.3, 0.4) is 0 Å². The van der Waals surface area contributed by atoms with Gasteiger partial charge >= 0.3 is 0 Å². The van der Waals surface area contributed by atoms with E-state index in [0.717, 1.165) is 0 Å². The molecule has 4 aliphatic carbocycles. The molecule has 2 heteroatoms. The molecule has 0 saturated carbocycles. The van der Waals surface area contributed by atoms with Gasteiger partial charge in [-0.2, -0.15) is 0 Å². The van der Waals surface area contributed by atoms with E-state index in [9.17, 15) is 0 Å². The highest BCUT2D eigenvalue weighted by Crippen LogP contribution is 2.68. The SMILES string of the molecule is CC(C)(C)c1cc2ccccc2c2c1sc1c(N(c3cccc4c3-c3ccccc3C43c4ccccc4-c4ccccc43)c3cccc4c3-c3ccccc3C43c4ccccc4-c4ccccc43)cccc12. The molecule has 338 valence electrons. The number of thiophene rings is 1. The third-order valence-corrected chi connectivity index (χ3v) is 18.3. The number of benzene rings is 11. The number of rotatable bonds is 3. The molecule has 16 rings (SSSR count). The highest BCUT2D eigenvalue weighted by Gasteiger charge is 2.54. The molecule has 1 aromatic heterocycles. The normalized spacial score (nSPS) is 14.5. The molecule has 0 unspecified atom stereocenters. The van der Waals surface area contributed by atoms with E-state index in [2.05, 4.69) is 256 Å². The minimum atomic E-state index is -0.489. The Balaban J connectivity index is 1.07. The van der Waals surface area contributed by atoms with E-state index in [1.807, 2.05) is 11.3 Å². The van der Waals surface area contributed by atoms with E-state index in [1.165, 1.54) is 143 Å². The van der Waals surface area contributed by atoms with Crippen LogP contribution in [-0.4, -0.2) is 0 Å². The van der Waals surface area contributed by atoms with Crippen molar-refractivity contribution in [3.63, 3.8) is 0 Å². The van der Waals surface area contributed by atoms with E-state index in [1.54, 1.807) is 0 Å². The summed E-state index contributed by atoms with van der Waals surface area (Å²) in [6, 6.07) is 88.2. The van der Waals surface area contributed by atoms with Gasteiger partial charge in [0.1, 0.15) is 0 Å². The van der Waals surface area contributed by atoms with Crippen LogP contribution >= 0.6 is 11.3 Å². The molecule has 0 amide bonds. The zero-order chi connectivity index (χ0) is 47.7. The smallest absolute Gasteiger partial charge is 0.0726 e. The van der Waals surface area contributed by atoms with Crippen LogP contribution in [0.4, 0.5) is 17.1 Å². The highest BCUT2D eigenvalue weighted by molar-refractivity contribution is 7.26. The lowest BCUT2D eigenvalue weighted by atomic mass is 9.70. The molecule has 11 aromatic carbocycles. The Morgan fingerprint density at radius 2 is 0.694 bits per heavy atom. The van der Waals surface area contributed by atoms with Crippen LogP contribution in [-0.2, 0) is 16.2 Å². The van der Waals surface area contributed by atoms with Gasteiger partial charge in [0.15, 0.2) is 0 Å². The number of anilines is 3. The molecule has 1 heterocycles. The lowest BCUT2D eigenvalue weighted by Gasteiger charge is -2.33. The Bertz CT molecular complexity index is 4060. The fourth-order valence-corrected chi connectivity index (χ4v) is 15.9. The first-order valence-electron chi connectivity index (χ1n) is 25.4. The van der Waals surface area contributed by atoms with E-state index in [4.69, 9.17) is 0 Å². The zero-order valence-electron chi connectivity index (χ0n) is 40.3. The summed E-state index contributed by atoms with van der Waals surface area (Å²) in [5.41, 5.74) is 25.0. The number of nitrogens with zero attached hydrogens (tertiary/aromatic N) is 1. The van der Waals surface area contributed by atoms with Gasteiger partial charge in [0.05, 0.1) is 32.6 Å². The van der Waals surface area contributed by atoms with Crippen molar-refractivity contribution in [2.75, 3.05) is 4.90 Å². The van der Waals surface area contributed by atoms with Gasteiger partial charge in [0.2, 0.25) is 0 Å². The summed E-state index contributed by atoms with van der Waals surface area (Å²) < 4.78 is 2.66. The summed E-state index contributed by atoms with van der Waals surface area (Å²) in [6.45, 7) is 7.11. The Morgan fingerprint density at radius 3 is 1.17 bits per heavy atom. The van der Waals surface area contributed by atoms with Crippen LogP contribution in [0.15, 0.2) is 231 Å². The van der Waals surface area contributed by atoms with Crippen molar-refractivity contribution in [2.45, 2.75) is 37.0 Å². The van der Waals surface area contributed by atoms with Crippen molar-refractivity contribution >= 4 is 59.3 Å². The Kier molecular flexibility index (Phi) is 7.97. The summed E-state index contributed by atoms with van der Waals surface area (Å²) in [5.74, 6) is 0.